The molecule has 0 unspecified atom stereocenters. The second-order valence-corrected chi connectivity index (χ2v) is 6.22. The highest BCUT2D eigenvalue weighted by Gasteiger charge is 2.15. The van der Waals surface area contributed by atoms with Crippen LogP contribution < -0.4 is 0 Å². The third kappa shape index (κ3) is 3.18. The normalized spacial score (nSPS) is 11.4. The molecule has 0 fully saturated rings. The number of aromatic hydroxyl groups is 1. The van der Waals surface area contributed by atoms with Crippen molar-refractivity contribution >= 4 is 39.0 Å². The van der Waals surface area contributed by atoms with Crippen LogP contribution >= 0.6 is 0 Å². The third-order valence-corrected chi connectivity index (χ3v) is 4.43. The highest BCUT2D eigenvalue weighted by atomic mass is 16.6. The number of carbonyl (C=O) groups excluding carboxylic acids is 1. The average molecular weight is 374 g/mol. The maximum absolute atomic E-state index is 12.3. The van der Waals surface area contributed by atoms with Crippen molar-refractivity contribution in [2.24, 2.45) is 10.2 Å². The first-order chi connectivity index (χ1) is 13.5. The molecule has 0 saturated carbocycles. The number of fused-ring (bicyclic) bond motifs is 2. The van der Waals surface area contributed by atoms with Gasteiger partial charge in [0.15, 0.2) is 5.69 Å². The van der Waals surface area contributed by atoms with Gasteiger partial charge >= 0.3 is 0 Å². The van der Waals surface area contributed by atoms with Crippen molar-refractivity contribution in [1.82, 2.24) is 4.98 Å². The maximum atomic E-state index is 12.3. The van der Waals surface area contributed by atoms with Gasteiger partial charge in [-0.15, -0.1) is 10.2 Å². The van der Waals surface area contributed by atoms with Gasteiger partial charge in [0.1, 0.15) is 0 Å². The predicted octanol–water partition coefficient (Wildman–Crippen LogP) is 4.79. The number of benzene rings is 3. The van der Waals surface area contributed by atoms with Gasteiger partial charge in [0.2, 0.25) is 5.88 Å². The average Bonchev–Trinajstić information content (AvgIpc) is 3.01. The molecule has 0 saturated heterocycles. The number of non-ortho nitro benzene ring substituents is 1. The Kier molecular flexibility index (Phi) is 4.29. The van der Waals surface area contributed by atoms with Gasteiger partial charge in [-0.2, -0.15) is 0 Å². The number of aromatic nitrogens is 1. The van der Waals surface area contributed by atoms with Gasteiger partial charge in [-0.25, -0.2) is 0 Å². The van der Waals surface area contributed by atoms with Crippen molar-refractivity contribution < 1.29 is 14.8 Å². The summed E-state index contributed by atoms with van der Waals surface area (Å²) in [7, 11) is 0. The van der Waals surface area contributed by atoms with E-state index in [2.05, 4.69) is 15.2 Å². The van der Waals surface area contributed by atoms with E-state index in [4.69, 9.17) is 0 Å². The van der Waals surface area contributed by atoms with Gasteiger partial charge in [0.05, 0.1) is 16.9 Å². The number of amides is 1. The largest absolute Gasteiger partial charge is 0.493 e. The number of hydrogen-bond acceptors (Lipinski definition) is 5. The smallest absolute Gasteiger partial charge is 0.270 e. The fourth-order valence-corrected chi connectivity index (χ4v) is 3.12. The molecule has 4 rings (SSSR count). The summed E-state index contributed by atoms with van der Waals surface area (Å²) >= 11 is 0. The Morgan fingerprint density at radius 2 is 1.86 bits per heavy atom. The molecule has 3 aromatic carbocycles. The van der Waals surface area contributed by atoms with Gasteiger partial charge < -0.3 is 10.1 Å². The van der Waals surface area contributed by atoms with Crippen LogP contribution in [0.25, 0.3) is 21.7 Å². The maximum Gasteiger partial charge on any atom is 0.270 e. The molecule has 1 amide bonds. The van der Waals surface area contributed by atoms with E-state index in [-0.39, 0.29) is 23.7 Å². The number of azo groups is 1. The summed E-state index contributed by atoms with van der Waals surface area (Å²) in [6, 6.07) is 17.4. The SMILES string of the molecule is O=C(Cc1cccc2ccccc12)N=Nc1c(O)[nH]c2ccc([N+](=O)[O-])cc12. The van der Waals surface area contributed by atoms with Crippen molar-refractivity contribution in [2.75, 3.05) is 0 Å². The van der Waals surface area contributed by atoms with Gasteiger partial charge in [0.25, 0.3) is 11.6 Å². The number of nitro benzene ring substituents is 1. The molecule has 0 aliphatic rings. The minimum absolute atomic E-state index is 0.00929. The van der Waals surface area contributed by atoms with Crippen LogP contribution in [0.3, 0.4) is 0 Å². The third-order valence-electron chi connectivity index (χ3n) is 4.43. The number of nitrogens with zero attached hydrogens (tertiary/aromatic N) is 3. The highest BCUT2D eigenvalue weighted by Crippen LogP contribution is 2.37. The molecular formula is C20H14N4O4. The second-order valence-electron chi connectivity index (χ2n) is 6.22. The van der Waals surface area contributed by atoms with Crippen molar-refractivity contribution in [1.29, 1.82) is 0 Å². The molecule has 1 aromatic heterocycles. The Balaban J connectivity index is 1.63. The van der Waals surface area contributed by atoms with E-state index in [1.165, 1.54) is 18.2 Å². The summed E-state index contributed by atoms with van der Waals surface area (Å²) in [5.41, 5.74) is 1.12. The second kappa shape index (κ2) is 6.92. The lowest BCUT2D eigenvalue weighted by molar-refractivity contribution is -0.384. The summed E-state index contributed by atoms with van der Waals surface area (Å²) in [5, 5.41) is 30.8. The van der Waals surface area contributed by atoms with Crippen LogP contribution in [-0.2, 0) is 11.2 Å². The number of aromatic amines is 1. The minimum atomic E-state index is -0.546. The van der Waals surface area contributed by atoms with Crippen LogP contribution in [0, 0.1) is 10.1 Å². The molecule has 28 heavy (non-hydrogen) atoms. The molecule has 0 aliphatic carbocycles. The fourth-order valence-electron chi connectivity index (χ4n) is 3.12. The van der Waals surface area contributed by atoms with Crippen molar-refractivity contribution in [3.05, 3.63) is 76.3 Å². The number of hydrogen-bond donors (Lipinski definition) is 2. The molecule has 8 heteroatoms. The topological polar surface area (TPSA) is 121 Å². The minimum Gasteiger partial charge on any atom is -0.493 e. The number of rotatable bonds is 4. The summed E-state index contributed by atoms with van der Waals surface area (Å²) in [5.74, 6) is -0.798. The first-order valence-electron chi connectivity index (χ1n) is 8.43. The quantitative estimate of drug-likeness (QED) is 0.303. The molecule has 0 radical (unpaired) electrons. The van der Waals surface area contributed by atoms with Gasteiger partial charge in [-0.3, -0.25) is 14.9 Å². The molecule has 0 aliphatic heterocycles. The Morgan fingerprint density at radius 1 is 1.07 bits per heavy atom. The van der Waals surface area contributed by atoms with E-state index in [0.29, 0.717) is 10.9 Å². The molecule has 0 bridgehead atoms. The van der Waals surface area contributed by atoms with Crippen LogP contribution in [0.15, 0.2) is 70.9 Å². The van der Waals surface area contributed by atoms with Crippen LogP contribution in [-0.4, -0.2) is 20.9 Å². The number of nitro groups is 1. The van der Waals surface area contributed by atoms with E-state index >= 15 is 0 Å². The van der Waals surface area contributed by atoms with E-state index in [9.17, 15) is 20.0 Å². The van der Waals surface area contributed by atoms with Crippen molar-refractivity contribution in [2.45, 2.75) is 6.42 Å². The Hall–Kier alpha value is -4.07. The van der Waals surface area contributed by atoms with E-state index < -0.39 is 10.8 Å². The van der Waals surface area contributed by atoms with Crippen LogP contribution in [0.5, 0.6) is 5.88 Å². The number of carbonyl (C=O) groups is 1. The molecule has 0 spiro atoms. The molecule has 2 N–H and O–H groups in total. The lowest BCUT2D eigenvalue weighted by atomic mass is 10.0. The van der Waals surface area contributed by atoms with E-state index in [1.54, 1.807) is 0 Å². The van der Waals surface area contributed by atoms with Crippen LogP contribution in [0.4, 0.5) is 11.4 Å². The van der Waals surface area contributed by atoms with Gasteiger partial charge in [-0.1, -0.05) is 42.5 Å². The van der Waals surface area contributed by atoms with E-state index in [0.717, 1.165) is 16.3 Å². The van der Waals surface area contributed by atoms with Gasteiger partial charge in [0, 0.05) is 17.5 Å². The van der Waals surface area contributed by atoms with Crippen molar-refractivity contribution in [3.8, 4) is 5.88 Å². The first-order valence-corrected chi connectivity index (χ1v) is 8.43. The monoisotopic (exact) mass is 374 g/mol. The molecular weight excluding hydrogens is 360 g/mol. The number of nitrogens with one attached hydrogen (secondary N) is 1. The van der Waals surface area contributed by atoms with Gasteiger partial charge in [-0.05, 0) is 22.4 Å². The van der Waals surface area contributed by atoms with Crippen LogP contribution in [0.1, 0.15) is 5.56 Å². The Labute approximate surface area is 158 Å². The first kappa shape index (κ1) is 17.3. The zero-order chi connectivity index (χ0) is 19.7. The summed E-state index contributed by atoms with van der Waals surface area (Å²) in [6.07, 6.45) is 0.0497. The lowest BCUT2D eigenvalue weighted by Gasteiger charge is -2.03. The van der Waals surface area contributed by atoms with E-state index in [1.807, 2.05) is 42.5 Å². The van der Waals surface area contributed by atoms with Crippen LogP contribution in [0.2, 0.25) is 0 Å². The zero-order valence-corrected chi connectivity index (χ0v) is 14.5. The summed E-state index contributed by atoms with van der Waals surface area (Å²) < 4.78 is 0. The fraction of sp³-hybridized carbons (Fsp3) is 0.0500. The van der Waals surface area contributed by atoms with Crippen molar-refractivity contribution in [3.63, 3.8) is 0 Å². The molecule has 8 nitrogen and oxygen atoms in total. The Morgan fingerprint density at radius 3 is 2.68 bits per heavy atom. The molecule has 0 atom stereocenters. The summed E-state index contributed by atoms with van der Waals surface area (Å²) in [6.45, 7) is 0. The predicted molar refractivity (Wildman–Crippen MR) is 104 cm³/mol. The molecule has 4 aromatic rings. The molecule has 1 heterocycles. The Bertz CT molecular complexity index is 1250. The lowest BCUT2D eigenvalue weighted by Crippen LogP contribution is -1.98. The zero-order valence-electron chi connectivity index (χ0n) is 14.5. The highest BCUT2D eigenvalue weighted by molar-refractivity contribution is 5.96. The summed E-state index contributed by atoms with van der Waals surface area (Å²) in [4.78, 5) is 25.4. The number of H-pyrrole nitrogens is 1. The molecule has 138 valence electrons. The standard InChI is InChI=1S/C20H14N4O4/c25-18(10-13-6-3-5-12-4-1-2-7-15(12)13)22-23-19-16-11-14(24(27)28)8-9-17(16)21-20(19)26/h1-9,11,21,26H,10H2.